The number of carbonyl (C=O) groups excluding carboxylic acids is 1. The molecule has 1 aromatic carbocycles. The summed E-state index contributed by atoms with van der Waals surface area (Å²) in [6, 6.07) is 9.23. The molecule has 0 unspecified atom stereocenters. The van der Waals surface area contributed by atoms with Gasteiger partial charge in [0.2, 0.25) is 5.95 Å². The fourth-order valence-corrected chi connectivity index (χ4v) is 3.53. The summed E-state index contributed by atoms with van der Waals surface area (Å²) in [5.41, 5.74) is 2.09. The third kappa shape index (κ3) is 6.29. The smallest absolute Gasteiger partial charge is 0.229 e. The average molecular weight is 431 g/mol. The highest BCUT2D eigenvalue weighted by molar-refractivity contribution is 5.83. The van der Waals surface area contributed by atoms with Gasteiger partial charge in [-0.1, -0.05) is 24.8 Å². The van der Waals surface area contributed by atoms with Gasteiger partial charge in [0.05, 0.1) is 29.4 Å². The van der Waals surface area contributed by atoms with Crippen LogP contribution in [0.4, 0.5) is 17.5 Å². The molecule has 3 rings (SSSR count). The number of likely N-dealkylation sites (N-methyl/N-ethyl adjacent to an activating group) is 1. The maximum absolute atomic E-state index is 12.1. The Morgan fingerprint density at radius 3 is 2.88 bits per heavy atom. The maximum Gasteiger partial charge on any atom is 0.229 e. The van der Waals surface area contributed by atoms with Crippen LogP contribution in [0.1, 0.15) is 50.7 Å². The van der Waals surface area contributed by atoms with Gasteiger partial charge in [0.25, 0.3) is 0 Å². The molecule has 3 N–H and O–H groups in total. The van der Waals surface area contributed by atoms with Crippen LogP contribution in [0.3, 0.4) is 0 Å². The van der Waals surface area contributed by atoms with E-state index >= 15 is 0 Å². The lowest BCUT2D eigenvalue weighted by Crippen LogP contribution is -2.34. The Bertz CT molecular complexity index is 1040. The molecular weight excluding hydrogens is 400 g/mol. The number of anilines is 3. The minimum absolute atomic E-state index is 0.0843. The predicted molar refractivity (Wildman–Crippen MR) is 126 cm³/mol. The van der Waals surface area contributed by atoms with Crippen LogP contribution in [0.15, 0.2) is 30.5 Å². The number of Topliss-reactive ketones (excluding diaryl/α,β-unsaturated/α-hetero) is 1. The van der Waals surface area contributed by atoms with Crippen LogP contribution in [0, 0.1) is 35.0 Å². The molecule has 2 aromatic rings. The van der Waals surface area contributed by atoms with Crippen LogP contribution in [-0.2, 0) is 4.79 Å². The zero-order chi connectivity index (χ0) is 22.9. The normalized spacial score (nSPS) is 17.8. The van der Waals surface area contributed by atoms with E-state index in [9.17, 15) is 4.79 Å². The molecule has 1 aliphatic carbocycles. The third-order valence-corrected chi connectivity index (χ3v) is 5.63. The molecule has 0 amide bonds. The zero-order valence-corrected chi connectivity index (χ0v) is 18.9. The van der Waals surface area contributed by atoms with Crippen LogP contribution < -0.4 is 16.0 Å². The van der Waals surface area contributed by atoms with Crippen molar-refractivity contribution in [3.05, 3.63) is 41.6 Å². The summed E-state index contributed by atoms with van der Waals surface area (Å²) in [5.74, 6) is 8.72. The molecule has 0 radical (unpaired) electrons. The second kappa shape index (κ2) is 11.3. The van der Waals surface area contributed by atoms with Gasteiger partial charge in [-0.25, -0.2) is 4.98 Å². The Kier molecular flexibility index (Phi) is 8.19. The van der Waals surface area contributed by atoms with E-state index in [0.717, 1.165) is 37.1 Å². The molecule has 1 fully saturated rings. The van der Waals surface area contributed by atoms with Gasteiger partial charge in [-0.3, -0.25) is 4.79 Å². The van der Waals surface area contributed by atoms with Gasteiger partial charge >= 0.3 is 0 Å². The van der Waals surface area contributed by atoms with Gasteiger partial charge in [0.15, 0.2) is 0 Å². The molecule has 0 saturated heterocycles. The largest absolute Gasteiger partial charge is 0.369 e. The second-order valence-corrected chi connectivity index (χ2v) is 8.18. The van der Waals surface area contributed by atoms with E-state index in [1.54, 1.807) is 18.3 Å². The number of rotatable bonds is 9. The van der Waals surface area contributed by atoms with Gasteiger partial charge in [-0.05, 0) is 57.4 Å². The zero-order valence-electron chi connectivity index (χ0n) is 18.9. The summed E-state index contributed by atoms with van der Waals surface area (Å²) in [7, 11) is 1.81. The number of carbonyl (C=O) groups is 1. The minimum atomic E-state index is -0.0843. The number of ketones is 1. The molecule has 0 bridgehead atoms. The van der Waals surface area contributed by atoms with Gasteiger partial charge in [-0.2, -0.15) is 10.2 Å². The third-order valence-electron chi connectivity index (χ3n) is 5.63. The van der Waals surface area contributed by atoms with Crippen LogP contribution in [0.2, 0.25) is 0 Å². The molecule has 0 spiro atoms. The van der Waals surface area contributed by atoms with E-state index < -0.39 is 0 Å². The average Bonchev–Trinajstić information content (AvgIpc) is 2.79. The Hall–Kier alpha value is -3.42. The molecule has 0 aliphatic heterocycles. The van der Waals surface area contributed by atoms with Crippen molar-refractivity contribution < 1.29 is 4.79 Å². The highest BCUT2D eigenvalue weighted by atomic mass is 16.1. The highest BCUT2D eigenvalue weighted by Crippen LogP contribution is 2.36. The maximum atomic E-state index is 12.1. The topological polar surface area (TPSA) is 103 Å². The Morgan fingerprint density at radius 2 is 2.16 bits per heavy atom. The lowest BCUT2D eigenvalue weighted by atomic mass is 9.72. The van der Waals surface area contributed by atoms with E-state index in [2.05, 4.69) is 50.8 Å². The number of hydrogen-bond acceptors (Lipinski definition) is 7. The standard InChI is InChI=1S/C25H30N6O/c1-4-10-28-24-21(9-8-18-11-20(12-18)14-23(32)17(2)27-3)16-29-25(31-24)30-22-7-5-6-19(13-22)15-26/h5-7,13,16-18,20,27H,4,10-12,14H2,1-3H3,(H2,28,29,30,31)/t17-,18?,20?/m0/s1. The van der Waals surface area contributed by atoms with Gasteiger partial charge in [0, 0.05) is 24.6 Å². The van der Waals surface area contributed by atoms with Crippen molar-refractivity contribution in [1.29, 1.82) is 5.26 Å². The summed E-state index contributed by atoms with van der Waals surface area (Å²) in [6.45, 7) is 4.78. The fraction of sp³-hybridized carbons (Fsp3) is 0.440. The molecule has 1 heterocycles. The van der Waals surface area contributed by atoms with Crippen molar-refractivity contribution in [3.8, 4) is 17.9 Å². The number of nitrogens with one attached hydrogen (secondary N) is 3. The highest BCUT2D eigenvalue weighted by Gasteiger charge is 2.30. The lowest BCUT2D eigenvalue weighted by molar-refractivity contribution is -0.122. The minimum Gasteiger partial charge on any atom is -0.369 e. The van der Waals surface area contributed by atoms with Gasteiger partial charge < -0.3 is 16.0 Å². The van der Waals surface area contributed by atoms with E-state index in [4.69, 9.17) is 5.26 Å². The van der Waals surface area contributed by atoms with Crippen molar-refractivity contribution in [3.63, 3.8) is 0 Å². The SMILES string of the molecule is CCCNc1nc(Nc2cccc(C#N)c2)ncc1C#CC1CC(CC(=O)[C@H](C)NC)C1. The van der Waals surface area contributed by atoms with Crippen molar-refractivity contribution in [2.24, 2.45) is 11.8 Å². The molecule has 7 nitrogen and oxygen atoms in total. The monoisotopic (exact) mass is 430 g/mol. The molecule has 1 aromatic heterocycles. The first-order valence-electron chi connectivity index (χ1n) is 11.1. The Labute approximate surface area is 190 Å². The first kappa shape index (κ1) is 23.2. The first-order chi connectivity index (χ1) is 15.5. The van der Waals surface area contributed by atoms with E-state index in [0.29, 0.717) is 35.6 Å². The van der Waals surface area contributed by atoms with Crippen molar-refractivity contribution in [1.82, 2.24) is 15.3 Å². The molecule has 1 aliphatic rings. The Morgan fingerprint density at radius 1 is 1.34 bits per heavy atom. The van der Waals surface area contributed by atoms with Crippen LogP contribution in [-0.4, -0.2) is 35.4 Å². The quantitative estimate of drug-likeness (QED) is 0.519. The number of nitrogens with zero attached hydrogens (tertiary/aromatic N) is 3. The number of hydrogen-bond donors (Lipinski definition) is 3. The van der Waals surface area contributed by atoms with E-state index in [1.165, 1.54) is 0 Å². The number of aromatic nitrogens is 2. The van der Waals surface area contributed by atoms with E-state index in [1.807, 2.05) is 26.1 Å². The summed E-state index contributed by atoms with van der Waals surface area (Å²) >= 11 is 0. The van der Waals surface area contributed by atoms with Crippen LogP contribution >= 0.6 is 0 Å². The molecule has 7 heteroatoms. The Balaban J connectivity index is 1.65. The van der Waals surface area contributed by atoms with Crippen molar-refractivity contribution in [2.75, 3.05) is 24.2 Å². The summed E-state index contributed by atoms with van der Waals surface area (Å²) in [5, 5.41) is 18.6. The summed E-state index contributed by atoms with van der Waals surface area (Å²) < 4.78 is 0. The number of nitriles is 1. The molecule has 166 valence electrons. The molecule has 1 atom stereocenters. The predicted octanol–water partition coefficient (Wildman–Crippen LogP) is 3.86. The van der Waals surface area contributed by atoms with Crippen molar-refractivity contribution >= 4 is 23.2 Å². The molecular formula is C25H30N6O. The second-order valence-electron chi connectivity index (χ2n) is 8.18. The molecule has 32 heavy (non-hydrogen) atoms. The van der Waals surface area contributed by atoms with Crippen LogP contribution in [0.5, 0.6) is 0 Å². The fourth-order valence-electron chi connectivity index (χ4n) is 3.53. The van der Waals surface area contributed by atoms with Gasteiger partial charge in [-0.15, -0.1) is 0 Å². The van der Waals surface area contributed by atoms with E-state index in [-0.39, 0.29) is 11.8 Å². The lowest BCUT2D eigenvalue weighted by Gasteiger charge is -2.32. The summed E-state index contributed by atoms with van der Waals surface area (Å²) in [4.78, 5) is 21.1. The van der Waals surface area contributed by atoms with Crippen molar-refractivity contribution in [2.45, 2.75) is 45.6 Å². The molecule has 1 saturated carbocycles. The van der Waals surface area contributed by atoms with Crippen LogP contribution in [0.25, 0.3) is 0 Å². The van der Waals surface area contributed by atoms with Gasteiger partial charge in [0.1, 0.15) is 11.6 Å². The first-order valence-corrected chi connectivity index (χ1v) is 11.1. The number of benzene rings is 1. The summed E-state index contributed by atoms with van der Waals surface area (Å²) in [6.07, 6.45) is 5.24.